The van der Waals surface area contributed by atoms with Crippen LogP contribution in [-0.2, 0) is 6.42 Å². The van der Waals surface area contributed by atoms with Crippen molar-refractivity contribution in [3.63, 3.8) is 0 Å². The molecule has 0 radical (unpaired) electrons. The van der Waals surface area contributed by atoms with Crippen LogP contribution in [0.5, 0.6) is 0 Å². The second-order valence-electron chi connectivity index (χ2n) is 5.50. The average Bonchev–Trinajstić information content (AvgIpc) is 2.45. The molecular weight excluding hydrogens is 260 g/mol. The van der Waals surface area contributed by atoms with Gasteiger partial charge in [0.2, 0.25) is 0 Å². The van der Waals surface area contributed by atoms with Gasteiger partial charge in [0, 0.05) is 49.4 Å². The van der Waals surface area contributed by atoms with E-state index in [1.165, 1.54) is 6.21 Å². The molecule has 114 valence electrons. The molecular formula is C17H26N4. The Balaban J connectivity index is 2.90. The number of hydrogen-bond acceptors (Lipinski definition) is 4. The lowest BCUT2D eigenvalue weighted by atomic mass is 10.0. The molecule has 0 bridgehead atoms. The van der Waals surface area contributed by atoms with Gasteiger partial charge in [0.1, 0.15) is 0 Å². The number of rotatable bonds is 8. The third kappa shape index (κ3) is 5.34. The lowest BCUT2D eigenvalue weighted by Gasteiger charge is -2.14. The molecule has 1 aromatic carbocycles. The topological polar surface area (TPSA) is 73.9 Å². The predicted octanol–water partition coefficient (Wildman–Crippen LogP) is 2.78. The number of benzene rings is 1. The highest BCUT2D eigenvalue weighted by Gasteiger charge is 2.06. The van der Waals surface area contributed by atoms with Crippen LogP contribution in [0.15, 0.2) is 36.7 Å². The van der Waals surface area contributed by atoms with Crippen LogP contribution in [0.1, 0.15) is 25.0 Å². The van der Waals surface area contributed by atoms with Crippen LogP contribution in [0.4, 0.5) is 5.69 Å². The lowest BCUT2D eigenvalue weighted by molar-refractivity contribution is 0.591. The number of nitrogens with two attached hydrogens (primary N) is 1. The molecule has 5 N–H and O–H groups in total. The summed E-state index contributed by atoms with van der Waals surface area (Å²) in [5.74, 6) is 0.577. The van der Waals surface area contributed by atoms with E-state index in [0.717, 1.165) is 34.6 Å². The van der Waals surface area contributed by atoms with Gasteiger partial charge < -0.3 is 21.8 Å². The summed E-state index contributed by atoms with van der Waals surface area (Å²) in [6, 6.07) is 5.83. The monoisotopic (exact) mass is 286 g/mol. The van der Waals surface area contributed by atoms with Gasteiger partial charge in [0.15, 0.2) is 0 Å². The molecule has 0 amide bonds. The van der Waals surface area contributed by atoms with E-state index in [1.54, 1.807) is 6.20 Å². The number of nitrogen functional groups attached to an aromatic ring is 1. The largest absolute Gasteiger partial charge is 0.398 e. The second-order valence-corrected chi connectivity index (χ2v) is 5.50. The van der Waals surface area contributed by atoms with Crippen molar-refractivity contribution in [2.24, 2.45) is 5.92 Å². The van der Waals surface area contributed by atoms with Crippen molar-refractivity contribution in [3.05, 3.63) is 47.8 Å². The number of allylic oxidation sites excluding steroid dienone is 2. The maximum absolute atomic E-state index is 7.49. The van der Waals surface area contributed by atoms with Gasteiger partial charge in [-0.1, -0.05) is 26.5 Å². The Morgan fingerprint density at radius 1 is 1.43 bits per heavy atom. The summed E-state index contributed by atoms with van der Waals surface area (Å²) < 4.78 is 0. The SMILES string of the molecule is C=C(Cc1cc(/C(C=N)=C/NC)ccc1N)NCC(C)C. The zero-order chi connectivity index (χ0) is 15.8. The smallest absolute Gasteiger partial charge is 0.0350 e. The lowest BCUT2D eigenvalue weighted by Crippen LogP contribution is -2.20. The normalized spacial score (nSPS) is 11.3. The Morgan fingerprint density at radius 3 is 2.71 bits per heavy atom. The quantitative estimate of drug-likeness (QED) is 0.438. The van der Waals surface area contributed by atoms with E-state index >= 15 is 0 Å². The Bertz CT molecular complexity index is 530. The van der Waals surface area contributed by atoms with Gasteiger partial charge in [-0.15, -0.1) is 0 Å². The molecule has 0 aliphatic carbocycles. The van der Waals surface area contributed by atoms with E-state index in [1.807, 2.05) is 25.2 Å². The molecule has 1 rings (SSSR count). The third-order valence-corrected chi connectivity index (χ3v) is 3.10. The molecule has 21 heavy (non-hydrogen) atoms. The summed E-state index contributed by atoms with van der Waals surface area (Å²) in [5.41, 5.74) is 10.6. The van der Waals surface area contributed by atoms with Crippen LogP contribution >= 0.6 is 0 Å². The van der Waals surface area contributed by atoms with Gasteiger partial charge in [0.05, 0.1) is 0 Å². The van der Waals surface area contributed by atoms with Crippen LogP contribution in [0.3, 0.4) is 0 Å². The standard InChI is InChI=1S/C17H26N4/c1-12(2)10-21-13(3)7-15-8-14(5-6-17(15)19)16(9-18)11-20-4/h5-6,8-9,11-12,18,20-21H,3,7,10,19H2,1-2,4H3/b16-11+,18-9?. The van der Waals surface area contributed by atoms with Crippen LogP contribution in [0, 0.1) is 11.3 Å². The highest BCUT2D eigenvalue weighted by atomic mass is 14.9. The molecule has 0 saturated carbocycles. The van der Waals surface area contributed by atoms with Crippen molar-refractivity contribution >= 4 is 17.5 Å². The van der Waals surface area contributed by atoms with E-state index < -0.39 is 0 Å². The van der Waals surface area contributed by atoms with E-state index in [4.69, 9.17) is 11.1 Å². The fraction of sp³-hybridized carbons (Fsp3) is 0.353. The number of anilines is 1. The summed E-state index contributed by atoms with van der Waals surface area (Å²) in [7, 11) is 1.82. The van der Waals surface area contributed by atoms with Gasteiger partial charge in [-0.3, -0.25) is 0 Å². The molecule has 0 aliphatic heterocycles. The number of nitrogens with one attached hydrogen (secondary N) is 3. The second kappa shape index (κ2) is 8.15. The summed E-state index contributed by atoms with van der Waals surface area (Å²) in [6.07, 6.45) is 3.82. The molecule has 1 aromatic rings. The van der Waals surface area contributed by atoms with Crippen LogP contribution in [0.25, 0.3) is 5.57 Å². The highest BCUT2D eigenvalue weighted by Crippen LogP contribution is 2.21. The van der Waals surface area contributed by atoms with Crippen molar-refractivity contribution in [1.29, 1.82) is 5.41 Å². The van der Waals surface area contributed by atoms with E-state index in [9.17, 15) is 0 Å². The maximum atomic E-state index is 7.49. The molecule has 4 heteroatoms. The first kappa shape index (κ1) is 16.8. The van der Waals surface area contributed by atoms with Crippen molar-refractivity contribution < 1.29 is 0 Å². The first-order valence-electron chi connectivity index (χ1n) is 7.16. The van der Waals surface area contributed by atoms with E-state index in [0.29, 0.717) is 12.3 Å². The molecule has 0 fully saturated rings. The molecule has 0 saturated heterocycles. The zero-order valence-electron chi connectivity index (χ0n) is 13.2. The Hall–Kier alpha value is -2.23. The van der Waals surface area contributed by atoms with Gasteiger partial charge in [0.25, 0.3) is 0 Å². The summed E-state index contributed by atoms with van der Waals surface area (Å²) in [5, 5.41) is 13.8. The van der Waals surface area contributed by atoms with Crippen molar-refractivity contribution in [2.45, 2.75) is 20.3 Å². The van der Waals surface area contributed by atoms with E-state index in [2.05, 4.69) is 31.1 Å². The predicted molar refractivity (Wildman–Crippen MR) is 92.4 cm³/mol. The summed E-state index contributed by atoms with van der Waals surface area (Å²) in [6.45, 7) is 9.28. The van der Waals surface area contributed by atoms with Crippen molar-refractivity contribution in [1.82, 2.24) is 10.6 Å². The van der Waals surface area contributed by atoms with Crippen molar-refractivity contribution in [2.75, 3.05) is 19.3 Å². The molecule has 4 nitrogen and oxygen atoms in total. The van der Waals surface area contributed by atoms with Gasteiger partial charge in [-0.05, 0) is 29.2 Å². The third-order valence-electron chi connectivity index (χ3n) is 3.10. The Morgan fingerprint density at radius 2 is 2.14 bits per heavy atom. The van der Waals surface area contributed by atoms with Gasteiger partial charge >= 0.3 is 0 Å². The molecule has 0 heterocycles. The van der Waals surface area contributed by atoms with Gasteiger partial charge in [-0.2, -0.15) is 0 Å². The molecule has 0 atom stereocenters. The van der Waals surface area contributed by atoms with Crippen LogP contribution < -0.4 is 16.4 Å². The average molecular weight is 286 g/mol. The Kier molecular flexibility index (Phi) is 6.53. The maximum Gasteiger partial charge on any atom is 0.0350 e. The summed E-state index contributed by atoms with van der Waals surface area (Å²) >= 11 is 0. The first-order chi connectivity index (χ1) is 9.97. The molecule has 0 unspecified atom stereocenters. The van der Waals surface area contributed by atoms with Gasteiger partial charge in [-0.25, -0.2) is 0 Å². The van der Waals surface area contributed by atoms with Crippen molar-refractivity contribution in [3.8, 4) is 0 Å². The minimum absolute atomic E-state index is 0.577. The number of hydrogen-bond donors (Lipinski definition) is 4. The van der Waals surface area contributed by atoms with E-state index in [-0.39, 0.29) is 0 Å². The van der Waals surface area contributed by atoms with Crippen LogP contribution in [-0.4, -0.2) is 19.8 Å². The molecule has 0 spiro atoms. The fourth-order valence-corrected chi connectivity index (χ4v) is 1.94. The highest BCUT2D eigenvalue weighted by molar-refractivity contribution is 6.08. The Labute approximate surface area is 127 Å². The first-order valence-corrected chi connectivity index (χ1v) is 7.16. The molecule has 0 aromatic heterocycles. The minimum atomic E-state index is 0.577. The molecule has 0 aliphatic rings. The zero-order valence-corrected chi connectivity index (χ0v) is 13.2. The van der Waals surface area contributed by atoms with Crippen LogP contribution in [0.2, 0.25) is 0 Å². The summed E-state index contributed by atoms with van der Waals surface area (Å²) in [4.78, 5) is 0. The minimum Gasteiger partial charge on any atom is -0.398 e. The fourth-order valence-electron chi connectivity index (χ4n) is 1.94.